The van der Waals surface area contributed by atoms with Gasteiger partial charge in [-0.1, -0.05) is 23.9 Å². The lowest BCUT2D eigenvalue weighted by Crippen LogP contribution is -2.41. The van der Waals surface area contributed by atoms with Crippen molar-refractivity contribution in [1.29, 1.82) is 0 Å². The van der Waals surface area contributed by atoms with Gasteiger partial charge < -0.3 is 9.64 Å². The first-order valence-corrected chi connectivity index (χ1v) is 10.4. The highest BCUT2D eigenvalue weighted by Gasteiger charge is 2.24. The molecule has 3 nitrogen and oxygen atoms in total. The van der Waals surface area contributed by atoms with E-state index in [2.05, 4.69) is 58.5 Å². The number of rotatable bonds is 4. The summed E-state index contributed by atoms with van der Waals surface area (Å²) in [6.07, 6.45) is 2.14. The summed E-state index contributed by atoms with van der Waals surface area (Å²) >= 11 is 3.69. The van der Waals surface area contributed by atoms with Crippen LogP contribution in [-0.2, 0) is 4.74 Å². The Labute approximate surface area is 152 Å². The Balaban J connectivity index is 1.63. The number of hydrogen-bond acceptors (Lipinski definition) is 5. The number of benzene rings is 2. The molecule has 0 spiro atoms. The molecule has 2 aromatic rings. The van der Waals surface area contributed by atoms with Crippen molar-refractivity contribution in [2.45, 2.75) is 14.7 Å². The van der Waals surface area contributed by atoms with Gasteiger partial charge in [0.25, 0.3) is 0 Å². The first-order valence-electron chi connectivity index (χ1n) is 8.38. The van der Waals surface area contributed by atoms with Crippen molar-refractivity contribution in [1.82, 2.24) is 4.90 Å². The zero-order valence-corrected chi connectivity index (χ0v) is 15.5. The fourth-order valence-corrected chi connectivity index (χ4v) is 4.75. The van der Waals surface area contributed by atoms with E-state index < -0.39 is 0 Å². The number of anilines is 2. The second-order valence-electron chi connectivity index (χ2n) is 6.01. The van der Waals surface area contributed by atoms with E-state index in [9.17, 15) is 0 Å². The number of para-hydroxylation sites is 1. The fourth-order valence-electron chi connectivity index (χ4n) is 3.24. The molecule has 0 amide bonds. The van der Waals surface area contributed by atoms with E-state index in [0.717, 1.165) is 39.4 Å². The summed E-state index contributed by atoms with van der Waals surface area (Å²) in [6.45, 7) is 5.90. The zero-order valence-electron chi connectivity index (χ0n) is 13.9. The Bertz CT molecular complexity index is 716. The highest BCUT2D eigenvalue weighted by Crippen LogP contribution is 2.48. The summed E-state index contributed by atoms with van der Waals surface area (Å²) in [5, 5.41) is 0. The van der Waals surface area contributed by atoms with Crippen LogP contribution in [0.5, 0.6) is 0 Å². The van der Waals surface area contributed by atoms with Crippen LogP contribution in [0, 0.1) is 0 Å². The van der Waals surface area contributed by atoms with Gasteiger partial charge in [0.2, 0.25) is 0 Å². The van der Waals surface area contributed by atoms with Crippen molar-refractivity contribution in [2.24, 2.45) is 0 Å². The quantitative estimate of drug-likeness (QED) is 0.753. The number of thioether (sulfide) groups is 1. The standard InChI is InChI=1S/C19H22N2OS2/c1-23-15-6-7-19-17(14-15)21(9-8-20-10-12-22-13-11-20)16-4-2-3-5-18(16)24-19/h2-7,14H,8-13H2,1H3. The second-order valence-corrected chi connectivity index (χ2v) is 7.97. The number of morpholine rings is 1. The summed E-state index contributed by atoms with van der Waals surface area (Å²) in [4.78, 5) is 9.03. The van der Waals surface area contributed by atoms with E-state index in [0.29, 0.717) is 0 Å². The first-order chi connectivity index (χ1) is 11.8. The molecule has 2 heterocycles. The minimum Gasteiger partial charge on any atom is -0.379 e. The molecule has 2 aliphatic rings. The van der Waals surface area contributed by atoms with Crippen LogP contribution in [0.1, 0.15) is 0 Å². The van der Waals surface area contributed by atoms with E-state index in [1.54, 1.807) is 0 Å². The number of fused-ring (bicyclic) bond motifs is 2. The number of nitrogens with zero attached hydrogens (tertiary/aromatic N) is 2. The minimum atomic E-state index is 0.861. The van der Waals surface area contributed by atoms with Crippen molar-refractivity contribution >= 4 is 34.9 Å². The average molecular weight is 359 g/mol. The van der Waals surface area contributed by atoms with Crippen LogP contribution in [-0.4, -0.2) is 50.5 Å². The molecule has 2 aromatic carbocycles. The van der Waals surface area contributed by atoms with Gasteiger partial charge in [-0.3, -0.25) is 4.90 Å². The predicted molar refractivity (Wildman–Crippen MR) is 103 cm³/mol. The van der Waals surface area contributed by atoms with Gasteiger partial charge in [-0.2, -0.15) is 0 Å². The summed E-state index contributed by atoms with van der Waals surface area (Å²) in [5.41, 5.74) is 2.68. The van der Waals surface area contributed by atoms with E-state index in [-0.39, 0.29) is 0 Å². The summed E-state index contributed by atoms with van der Waals surface area (Å²) in [6, 6.07) is 15.6. The molecule has 0 unspecified atom stereocenters. The third-order valence-corrected chi connectivity index (χ3v) is 6.43. The first kappa shape index (κ1) is 16.3. The Kier molecular flexibility index (Phi) is 5.03. The van der Waals surface area contributed by atoms with Crippen LogP contribution in [0.25, 0.3) is 0 Å². The third kappa shape index (κ3) is 3.31. The van der Waals surface area contributed by atoms with Gasteiger partial charge in [-0.15, -0.1) is 11.8 Å². The minimum absolute atomic E-state index is 0.861. The topological polar surface area (TPSA) is 15.7 Å². The highest BCUT2D eigenvalue weighted by atomic mass is 32.2. The average Bonchev–Trinajstić information content (AvgIpc) is 2.65. The highest BCUT2D eigenvalue weighted by molar-refractivity contribution is 8.00. The fraction of sp³-hybridized carbons (Fsp3) is 0.368. The van der Waals surface area contributed by atoms with Gasteiger partial charge in [0, 0.05) is 40.9 Å². The van der Waals surface area contributed by atoms with Crippen molar-refractivity contribution < 1.29 is 4.74 Å². The van der Waals surface area contributed by atoms with Gasteiger partial charge in [0.15, 0.2) is 0 Å². The van der Waals surface area contributed by atoms with Gasteiger partial charge >= 0.3 is 0 Å². The normalized spacial score (nSPS) is 17.5. The second kappa shape index (κ2) is 7.40. The van der Waals surface area contributed by atoms with Crippen LogP contribution >= 0.6 is 23.5 Å². The molecule has 4 rings (SSSR count). The lowest BCUT2D eigenvalue weighted by molar-refractivity contribution is 0.0394. The Hall–Kier alpha value is -1.14. The largest absolute Gasteiger partial charge is 0.379 e. The molecule has 5 heteroatoms. The number of ether oxygens (including phenoxy) is 1. The molecule has 0 atom stereocenters. The van der Waals surface area contributed by atoms with Gasteiger partial charge in [0.05, 0.1) is 24.6 Å². The maximum atomic E-state index is 5.47. The van der Waals surface area contributed by atoms with Crippen molar-refractivity contribution in [3.63, 3.8) is 0 Å². The van der Waals surface area contributed by atoms with Crippen LogP contribution in [0.15, 0.2) is 57.2 Å². The molecule has 1 fully saturated rings. The van der Waals surface area contributed by atoms with E-state index >= 15 is 0 Å². The molecular weight excluding hydrogens is 336 g/mol. The Morgan fingerprint density at radius 3 is 2.62 bits per heavy atom. The van der Waals surface area contributed by atoms with E-state index in [4.69, 9.17) is 4.74 Å². The Morgan fingerprint density at radius 1 is 1.00 bits per heavy atom. The maximum Gasteiger partial charge on any atom is 0.0594 e. The Morgan fingerprint density at radius 2 is 1.79 bits per heavy atom. The molecule has 0 aromatic heterocycles. The van der Waals surface area contributed by atoms with Gasteiger partial charge in [-0.25, -0.2) is 0 Å². The van der Waals surface area contributed by atoms with Crippen molar-refractivity contribution in [3.8, 4) is 0 Å². The molecule has 0 radical (unpaired) electrons. The third-order valence-electron chi connectivity index (χ3n) is 4.58. The molecule has 126 valence electrons. The molecule has 2 aliphatic heterocycles. The molecule has 0 bridgehead atoms. The van der Waals surface area contributed by atoms with Crippen LogP contribution in [0.2, 0.25) is 0 Å². The van der Waals surface area contributed by atoms with Crippen molar-refractivity contribution in [3.05, 3.63) is 42.5 Å². The van der Waals surface area contributed by atoms with Crippen LogP contribution in [0.4, 0.5) is 11.4 Å². The lowest BCUT2D eigenvalue weighted by Gasteiger charge is -2.35. The summed E-state index contributed by atoms with van der Waals surface area (Å²) < 4.78 is 5.47. The van der Waals surface area contributed by atoms with Crippen LogP contribution < -0.4 is 4.90 Å². The molecule has 0 N–H and O–H groups in total. The van der Waals surface area contributed by atoms with Gasteiger partial charge in [-0.05, 0) is 36.6 Å². The summed E-state index contributed by atoms with van der Waals surface area (Å²) in [5.74, 6) is 0. The van der Waals surface area contributed by atoms with E-state index in [1.165, 1.54) is 26.1 Å². The molecule has 1 saturated heterocycles. The van der Waals surface area contributed by atoms with Gasteiger partial charge in [0.1, 0.15) is 0 Å². The smallest absolute Gasteiger partial charge is 0.0594 e. The summed E-state index contributed by atoms with van der Waals surface area (Å²) in [7, 11) is 0. The molecule has 24 heavy (non-hydrogen) atoms. The molecule has 0 saturated carbocycles. The monoisotopic (exact) mass is 358 g/mol. The maximum absolute atomic E-state index is 5.47. The van der Waals surface area contributed by atoms with Crippen LogP contribution in [0.3, 0.4) is 0 Å². The van der Waals surface area contributed by atoms with Crippen molar-refractivity contribution in [2.75, 3.05) is 50.5 Å². The number of hydrogen-bond donors (Lipinski definition) is 0. The molecule has 0 aliphatic carbocycles. The zero-order chi connectivity index (χ0) is 16.4. The predicted octanol–water partition coefficient (Wildman–Crippen LogP) is 4.34. The molecular formula is C19H22N2OS2. The lowest BCUT2D eigenvalue weighted by atomic mass is 10.2. The SMILES string of the molecule is CSc1ccc2c(c1)N(CCN1CCOCC1)c1ccccc1S2. The van der Waals surface area contributed by atoms with E-state index in [1.807, 2.05) is 23.5 Å².